The number of hydrogen-bond acceptors (Lipinski definition) is 4. The summed E-state index contributed by atoms with van der Waals surface area (Å²) in [5, 5.41) is 10.9. The maximum absolute atomic E-state index is 12.6. The number of amides is 1. The fourth-order valence-electron chi connectivity index (χ4n) is 3.95. The molecule has 6 heteroatoms. The SMILES string of the molecule is CC(C)CNc1cc(-c2cn[nH]c2C2CCN(C(=O)C3CCC3)C2)ccn1. The third-order valence-corrected chi connectivity index (χ3v) is 5.79. The number of aromatic amines is 1. The number of anilines is 1. The van der Waals surface area contributed by atoms with Crippen LogP contribution in [0.5, 0.6) is 0 Å². The van der Waals surface area contributed by atoms with Crippen molar-refractivity contribution >= 4 is 11.7 Å². The quantitative estimate of drug-likeness (QED) is 0.817. The summed E-state index contributed by atoms with van der Waals surface area (Å²) < 4.78 is 0. The molecule has 2 aliphatic rings. The van der Waals surface area contributed by atoms with E-state index in [2.05, 4.69) is 45.3 Å². The van der Waals surface area contributed by atoms with Gasteiger partial charge in [-0.1, -0.05) is 20.3 Å². The Morgan fingerprint density at radius 3 is 2.96 bits per heavy atom. The number of carbonyl (C=O) groups excluding carboxylic acids is 1. The van der Waals surface area contributed by atoms with E-state index < -0.39 is 0 Å². The maximum atomic E-state index is 12.6. The summed E-state index contributed by atoms with van der Waals surface area (Å²) >= 11 is 0. The molecular weight excluding hydrogens is 338 g/mol. The largest absolute Gasteiger partial charge is 0.370 e. The van der Waals surface area contributed by atoms with E-state index >= 15 is 0 Å². The van der Waals surface area contributed by atoms with Crippen LogP contribution in [0.1, 0.15) is 51.1 Å². The normalized spacial score (nSPS) is 20.1. The van der Waals surface area contributed by atoms with Gasteiger partial charge in [0.2, 0.25) is 5.91 Å². The lowest BCUT2D eigenvalue weighted by Crippen LogP contribution is -2.37. The molecule has 1 aliphatic heterocycles. The van der Waals surface area contributed by atoms with Gasteiger partial charge in [0.15, 0.2) is 0 Å². The van der Waals surface area contributed by atoms with Gasteiger partial charge in [0.1, 0.15) is 5.82 Å². The van der Waals surface area contributed by atoms with E-state index in [0.717, 1.165) is 61.5 Å². The predicted molar refractivity (Wildman–Crippen MR) is 106 cm³/mol. The van der Waals surface area contributed by atoms with Gasteiger partial charge in [-0.3, -0.25) is 9.89 Å². The first-order valence-electron chi connectivity index (χ1n) is 10.1. The number of pyridine rings is 1. The second-order valence-electron chi connectivity index (χ2n) is 8.30. The summed E-state index contributed by atoms with van der Waals surface area (Å²) in [7, 11) is 0. The minimum Gasteiger partial charge on any atom is -0.370 e. The molecule has 27 heavy (non-hydrogen) atoms. The molecule has 4 rings (SSSR count). The zero-order chi connectivity index (χ0) is 18.8. The molecule has 144 valence electrons. The van der Waals surface area contributed by atoms with Crippen LogP contribution in [0.25, 0.3) is 11.1 Å². The molecular formula is C21H29N5O. The van der Waals surface area contributed by atoms with Crippen LogP contribution in [-0.2, 0) is 4.79 Å². The number of H-pyrrole nitrogens is 1. The number of hydrogen-bond donors (Lipinski definition) is 2. The van der Waals surface area contributed by atoms with E-state index in [4.69, 9.17) is 0 Å². The van der Waals surface area contributed by atoms with Crippen LogP contribution in [0.15, 0.2) is 24.5 Å². The second-order valence-corrected chi connectivity index (χ2v) is 8.30. The highest BCUT2D eigenvalue weighted by Gasteiger charge is 2.35. The molecule has 1 saturated carbocycles. The first-order valence-corrected chi connectivity index (χ1v) is 10.1. The average molecular weight is 367 g/mol. The Kier molecular flexibility index (Phi) is 5.14. The van der Waals surface area contributed by atoms with E-state index in [1.165, 1.54) is 6.42 Å². The lowest BCUT2D eigenvalue weighted by atomic mass is 9.84. The van der Waals surface area contributed by atoms with Crippen molar-refractivity contribution in [1.29, 1.82) is 0 Å². The molecule has 0 spiro atoms. The van der Waals surface area contributed by atoms with Gasteiger partial charge in [-0.15, -0.1) is 0 Å². The zero-order valence-electron chi connectivity index (χ0n) is 16.2. The number of carbonyl (C=O) groups is 1. The van der Waals surface area contributed by atoms with Crippen molar-refractivity contribution in [2.24, 2.45) is 11.8 Å². The van der Waals surface area contributed by atoms with Gasteiger partial charge >= 0.3 is 0 Å². The molecule has 1 atom stereocenters. The first kappa shape index (κ1) is 18.0. The molecule has 6 nitrogen and oxygen atoms in total. The molecule has 2 N–H and O–H groups in total. The van der Waals surface area contributed by atoms with Gasteiger partial charge in [-0.05, 0) is 42.9 Å². The maximum Gasteiger partial charge on any atom is 0.225 e. The number of aromatic nitrogens is 3. The van der Waals surface area contributed by atoms with E-state index in [1.807, 2.05) is 18.5 Å². The van der Waals surface area contributed by atoms with Gasteiger partial charge < -0.3 is 10.2 Å². The number of nitrogens with zero attached hydrogens (tertiary/aromatic N) is 3. The van der Waals surface area contributed by atoms with Crippen LogP contribution in [0.2, 0.25) is 0 Å². The Bertz CT molecular complexity index is 795. The minimum absolute atomic E-state index is 0.278. The Morgan fingerprint density at radius 1 is 1.37 bits per heavy atom. The summed E-state index contributed by atoms with van der Waals surface area (Å²) in [6, 6.07) is 4.12. The Hall–Kier alpha value is -2.37. The molecule has 2 aromatic heterocycles. The monoisotopic (exact) mass is 367 g/mol. The number of rotatable bonds is 6. The molecule has 1 unspecified atom stereocenters. The van der Waals surface area contributed by atoms with Crippen molar-refractivity contribution < 1.29 is 4.79 Å². The average Bonchev–Trinajstić information content (AvgIpc) is 3.27. The minimum atomic E-state index is 0.278. The van der Waals surface area contributed by atoms with Crippen LogP contribution in [0, 0.1) is 11.8 Å². The third kappa shape index (κ3) is 3.84. The number of nitrogens with one attached hydrogen (secondary N) is 2. The molecule has 1 aliphatic carbocycles. The van der Waals surface area contributed by atoms with Gasteiger partial charge in [0.25, 0.3) is 0 Å². The van der Waals surface area contributed by atoms with Crippen molar-refractivity contribution in [3.05, 3.63) is 30.2 Å². The summed E-state index contributed by atoms with van der Waals surface area (Å²) in [6.45, 7) is 6.92. The molecule has 0 radical (unpaired) electrons. The molecule has 1 amide bonds. The topological polar surface area (TPSA) is 73.9 Å². The van der Waals surface area contributed by atoms with Crippen LogP contribution in [0.3, 0.4) is 0 Å². The zero-order valence-corrected chi connectivity index (χ0v) is 16.2. The van der Waals surface area contributed by atoms with Gasteiger partial charge in [0.05, 0.1) is 6.20 Å². The molecule has 1 saturated heterocycles. The van der Waals surface area contributed by atoms with Crippen LogP contribution in [-0.4, -0.2) is 45.6 Å². The standard InChI is InChI=1S/C21H29N5O/c1-14(2)11-23-19-10-16(6-8-22-19)18-12-24-25-20(18)17-7-9-26(13-17)21(27)15-4-3-5-15/h6,8,10,12,14-15,17H,3-5,7,9,11,13H2,1-2H3,(H,22,23)(H,24,25). The summed E-state index contributed by atoms with van der Waals surface area (Å²) in [4.78, 5) is 19.0. The lowest BCUT2D eigenvalue weighted by Gasteiger charge is -2.29. The fourth-order valence-corrected chi connectivity index (χ4v) is 3.95. The van der Waals surface area contributed by atoms with E-state index in [-0.39, 0.29) is 5.92 Å². The Morgan fingerprint density at radius 2 is 2.22 bits per heavy atom. The third-order valence-electron chi connectivity index (χ3n) is 5.79. The Balaban J connectivity index is 1.48. The van der Waals surface area contributed by atoms with Crippen LogP contribution < -0.4 is 5.32 Å². The van der Waals surface area contributed by atoms with Crippen molar-refractivity contribution in [3.8, 4) is 11.1 Å². The number of likely N-dealkylation sites (tertiary alicyclic amines) is 1. The van der Waals surface area contributed by atoms with Gasteiger partial charge in [-0.2, -0.15) is 5.10 Å². The van der Waals surface area contributed by atoms with Gasteiger partial charge in [-0.25, -0.2) is 4.98 Å². The highest BCUT2D eigenvalue weighted by atomic mass is 16.2. The van der Waals surface area contributed by atoms with Crippen LogP contribution in [0.4, 0.5) is 5.82 Å². The van der Waals surface area contributed by atoms with Crippen LogP contribution >= 0.6 is 0 Å². The Labute approximate surface area is 160 Å². The fraction of sp³-hybridized carbons (Fsp3) is 0.571. The second kappa shape index (κ2) is 7.71. The summed E-state index contributed by atoms with van der Waals surface area (Å²) in [6.07, 6.45) is 8.07. The predicted octanol–water partition coefficient (Wildman–Crippen LogP) is 3.66. The molecule has 3 heterocycles. The van der Waals surface area contributed by atoms with Crippen molar-refractivity contribution in [2.75, 3.05) is 25.0 Å². The first-order chi connectivity index (χ1) is 13.1. The smallest absolute Gasteiger partial charge is 0.225 e. The highest BCUT2D eigenvalue weighted by Crippen LogP contribution is 2.36. The lowest BCUT2D eigenvalue weighted by molar-refractivity contribution is -0.137. The van der Waals surface area contributed by atoms with E-state index in [0.29, 0.717) is 17.7 Å². The summed E-state index contributed by atoms with van der Waals surface area (Å²) in [5.41, 5.74) is 3.37. The summed E-state index contributed by atoms with van der Waals surface area (Å²) in [5.74, 6) is 2.42. The molecule has 0 bridgehead atoms. The molecule has 2 aromatic rings. The van der Waals surface area contributed by atoms with E-state index in [9.17, 15) is 4.79 Å². The van der Waals surface area contributed by atoms with Crippen molar-refractivity contribution in [3.63, 3.8) is 0 Å². The van der Waals surface area contributed by atoms with Gasteiger partial charge in [0, 0.05) is 48.9 Å². The van der Waals surface area contributed by atoms with Crippen molar-refractivity contribution in [2.45, 2.75) is 45.4 Å². The van der Waals surface area contributed by atoms with Crippen molar-refractivity contribution in [1.82, 2.24) is 20.1 Å². The molecule has 2 fully saturated rings. The van der Waals surface area contributed by atoms with E-state index in [1.54, 1.807) is 0 Å². The highest BCUT2D eigenvalue weighted by molar-refractivity contribution is 5.80. The molecule has 0 aromatic carbocycles.